The molecule has 0 aliphatic carbocycles. The van der Waals surface area contributed by atoms with E-state index in [0.29, 0.717) is 11.5 Å². The van der Waals surface area contributed by atoms with Crippen LogP contribution in [-0.4, -0.2) is 11.1 Å². The Balaban J connectivity index is 0.000000265. The van der Waals surface area contributed by atoms with Crippen molar-refractivity contribution in [2.24, 2.45) is 0 Å². The van der Waals surface area contributed by atoms with E-state index in [2.05, 4.69) is 20.4 Å². The van der Waals surface area contributed by atoms with Gasteiger partial charge in [-0.3, -0.25) is 9.78 Å². The summed E-state index contributed by atoms with van der Waals surface area (Å²) in [7, 11) is 0. The molecule has 5 aliphatic rings. The van der Waals surface area contributed by atoms with Crippen molar-refractivity contribution in [1.29, 1.82) is 0 Å². The van der Waals surface area contributed by atoms with Crippen molar-refractivity contribution in [2.75, 3.05) is 0 Å². The first-order valence-corrected chi connectivity index (χ1v) is 7.66. The van der Waals surface area contributed by atoms with E-state index < -0.39 is 5.97 Å². The lowest BCUT2D eigenvalue weighted by Gasteiger charge is -2.25. The summed E-state index contributed by atoms with van der Waals surface area (Å²) in [5.41, 5.74) is 2.36. The van der Waals surface area contributed by atoms with E-state index in [0.717, 1.165) is 17.1 Å². The van der Waals surface area contributed by atoms with E-state index in [1.54, 1.807) is 0 Å². The fourth-order valence-corrected chi connectivity index (χ4v) is 2.46. The SMILES string of the molecule is C=C(C)C(=O)O.CC1(C)c2ccc(cc2)OOOc2ccc1c1c2O1. The van der Waals surface area contributed by atoms with Gasteiger partial charge in [0, 0.05) is 21.6 Å². The van der Waals surface area contributed by atoms with E-state index in [1.165, 1.54) is 12.5 Å². The van der Waals surface area contributed by atoms with Gasteiger partial charge in [0.05, 0.1) is 0 Å². The smallest absolute Gasteiger partial charge is 0.330 e. The van der Waals surface area contributed by atoms with Crippen molar-refractivity contribution < 1.29 is 29.5 Å². The third-order valence-electron chi connectivity index (χ3n) is 4.11. The maximum atomic E-state index is 9.60. The molecule has 7 rings (SSSR count). The second-order valence-corrected chi connectivity index (χ2v) is 6.34. The number of carboxylic acid groups (broad SMARTS) is 1. The summed E-state index contributed by atoms with van der Waals surface area (Å²) in [4.78, 5) is 19.7. The first-order chi connectivity index (χ1) is 11.8. The van der Waals surface area contributed by atoms with E-state index >= 15 is 0 Å². The summed E-state index contributed by atoms with van der Waals surface area (Å²) in [6.07, 6.45) is 0. The van der Waals surface area contributed by atoms with Gasteiger partial charge in [0.1, 0.15) is 0 Å². The molecule has 0 amide bonds. The largest absolute Gasteiger partial charge is 0.478 e. The van der Waals surface area contributed by atoms with Crippen LogP contribution in [0.3, 0.4) is 0 Å². The molecule has 5 heterocycles. The minimum atomic E-state index is -0.935. The van der Waals surface area contributed by atoms with Crippen LogP contribution in [0.25, 0.3) is 0 Å². The predicted octanol–water partition coefficient (Wildman–Crippen LogP) is 4.38. The van der Waals surface area contributed by atoms with Crippen LogP contribution in [-0.2, 0) is 15.2 Å². The van der Waals surface area contributed by atoms with Crippen molar-refractivity contribution >= 4 is 5.97 Å². The van der Waals surface area contributed by atoms with Crippen molar-refractivity contribution in [1.82, 2.24) is 0 Å². The highest BCUT2D eigenvalue weighted by molar-refractivity contribution is 5.84. The van der Waals surface area contributed by atoms with Gasteiger partial charge in [-0.25, -0.2) is 4.79 Å². The summed E-state index contributed by atoms with van der Waals surface area (Å²) < 4.78 is 5.53. The second kappa shape index (κ2) is 6.14. The highest BCUT2D eigenvalue weighted by Crippen LogP contribution is 2.58. The highest BCUT2D eigenvalue weighted by atomic mass is 17.5. The maximum Gasteiger partial charge on any atom is 0.330 e. The van der Waals surface area contributed by atoms with Gasteiger partial charge in [0.25, 0.3) is 0 Å². The minimum Gasteiger partial charge on any atom is -0.478 e. The Labute approximate surface area is 145 Å². The Kier molecular flexibility index (Phi) is 4.14. The van der Waals surface area contributed by atoms with Crippen LogP contribution in [0.2, 0.25) is 0 Å². The van der Waals surface area contributed by atoms with Gasteiger partial charge in [0.2, 0.25) is 11.5 Å². The minimum absolute atomic E-state index is 0.141. The molecule has 5 aliphatic heterocycles. The zero-order chi connectivity index (χ0) is 18.2. The number of ether oxygens (including phenoxy) is 1. The van der Waals surface area contributed by atoms with Crippen molar-refractivity contribution in [2.45, 2.75) is 26.2 Å². The molecular formula is C19H18O6. The zero-order valence-electron chi connectivity index (χ0n) is 14.2. The predicted molar refractivity (Wildman–Crippen MR) is 89.9 cm³/mol. The van der Waals surface area contributed by atoms with E-state index in [1.807, 2.05) is 36.4 Å². The summed E-state index contributed by atoms with van der Waals surface area (Å²) in [5.74, 6) is 1.79. The van der Waals surface area contributed by atoms with Gasteiger partial charge in [-0.2, -0.15) is 0 Å². The Morgan fingerprint density at radius 1 is 1.04 bits per heavy atom. The summed E-state index contributed by atoms with van der Waals surface area (Å²) >= 11 is 0. The van der Waals surface area contributed by atoms with Crippen LogP contribution >= 0.6 is 0 Å². The summed E-state index contributed by atoms with van der Waals surface area (Å²) in [6.45, 7) is 8.94. The topological polar surface area (TPSA) is 77.5 Å². The summed E-state index contributed by atoms with van der Waals surface area (Å²) in [6, 6.07) is 11.6. The Bertz CT molecular complexity index is 824. The monoisotopic (exact) mass is 342 g/mol. The number of hydrogen-bond acceptors (Lipinski definition) is 5. The number of rotatable bonds is 1. The molecule has 0 saturated carbocycles. The van der Waals surface area contributed by atoms with E-state index in [4.69, 9.17) is 24.7 Å². The first kappa shape index (κ1) is 16.9. The second-order valence-electron chi connectivity index (χ2n) is 6.34. The number of aliphatic carboxylic acids is 1. The first-order valence-electron chi connectivity index (χ1n) is 7.66. The third-order valence-corrected chi connectivity index (χ3v) is 4.11. The van der Waals surface area contributed by atoms with E-state index in [-0.39, 0.29) is 11.0 Å². The van der Waals surface area contributed by atoms with Crippen LogP contribution in [0.5, 0.6) is 23.0 Å². The molecule has 0 radical (unpaired) electrons. The third kappa shape index (κ3) is 3.29. The lowest BCUT2D eigenvalue weighted by atomic mass is 9.78. The number of hydrogen-bond donors (Lipinski definition) is 1. The molecule has 0 aromatic heterocycles. The van der Waals surface area contributed by atoms with Gasteiger partial charge in [-0.1, -0.05) is 38.6 Å². The molecule has 0 atom stereocenters. The molecule has 6 heteroatoms. The molecule has 2 aromatic rings. The molecule has 6 nitrogen and oxygen atoms in total. The molecule has 25 heavy (non-hydrogen) atoms. The van der Waals surface area contributed by atoms with Crippen LogP contribution in [0, 0.1) is 0 Å². The maximum absolute atomic E-state index is 9.60. The lowest BCUT2D eigenvalue weighted by Crippen LogP contribution is -2.18. The van der Waals surface area contributed by atoms with Crippen LogP contribution < -0.4 is 14.5 Å². The van der Waals surface area contributed by atoms with Gasteiger partial charge < -0.3 is 9.84 Å². The van der Waals surface area contributed by atoms with Crippen molar-refractivity contribution in [3.63, 3.8) is 0 Å². The van der Waals surface area contributed by atoms with Gasteiger partial charge >= 0.3 is 5.97 Å². The van der Waals surface area contributed by atoms with Crippen LogP contribution in [0.1, 0.15) is 31.9 Å². The standard InChI is InChI=1S/C15H12O4.C4H6O2/c1-15(2)9-3-5-10(6-4-9)17-19-18-12-8-7-11(15)13-14(12)16-13;1-3(2)4(5)6/h3-8H,1-2H3;1H2,2H3,(H,5,6). The molecular weight excluding hydrogens is 324 g/mol. The molecule has 130 valence electrons. The summed E-state index contributed by atoms with van der Waals surface area (Å²) in [5, 5.41) is 12.6. The average Bonchev–Trinajstić information content (AvgIpc) is 3.35. The van der Waals surface area contributed by atoms with Gasteiger partial charge in [-0.05, 0) is 30.7 Å². The molecule has 4 bridgehead atoms. The van der Waals surface area contributed by atoms with Crippen molar-refractivity contribution in [3.8, 4) is 23.0 Å². The van der Waals surface area contributed by atoms with Crippen LogP contribution in [0.15, 0.2) is 48.6 Å². The van der Waals surface area contributed by atoms with E-state index in [9.17, 15) is 4.79 Å². The van der Waals surface area contributed by atoms with Gasteiger partial charge in [0.15, 0.2) is 11.5 Å². The molecule has 2 aromatic carbocycles. The fourth-order valence-electron chi connectivity index (χ4n) is 2.46. The molecule has 0 unspecified atom stereocenters. The Hall–Kier alpha value is -2.99. The average molecular weight is 342 g/mol. The van der Waals surface area contributed by atoms with Crippen molar-refractivity contribution in [3.05, 3.63) is 59.7 Å². The zero-order valence-corrected chi connectivity index (χ0v) is 14.2. The Morgan fingerprint density at radius 3 is 2.28 bits per heavy atom. The van der Waals surface area contributed by atoms with Gasteiger partial charge in [-0.15, -0.1) is 0 Å². The number of carbonyl (C=O) groups is 1. The quantitative estimate of drug-likeness (QED) is 0.402. The fraction of sp³-hybridized carbons (Fsp3) is 0.211. The number of benzene rings is 2. The molecule has 0 saturated heterocycles. The molecule has 0 fully saturated rings. The molecule has 0 spiro atoms. The normalized spacial score (nSPS) is 15.0. The molecule has 1 N–H and O–H groups in total. The Morgan fingerprint density at radius 2 is 1.68 bits per heavy atom. The number of carboxylic acids is 1. The highest BCUT2D eigenvalue weighted by Gasteiger charge is 2.38. The van der Waals surface area contributed by atoms with Crippen LogP contribution in [0.4, 0.5) is 0 Å². The lowest BCUT2D eigenvalue weighted by molar-refractivity contribution is -0.411.